The molecule has 0 aliphatic carbocycles. The van der Waals surface area contributed by atoms with E-state index in [1.54, 1.807) is 0 Å². The van der Waals surface area contributed by atoms with E-state index < -0.39 is 14.4 Å². The third-order valence-corrected chi connectivity index (χ3v) is 13.9. The minimum absolute atomic E-state index is 0.00924. The van der Waals surface area contributed by atoms with Gasteiger partial charge in [-0.2, -0.15) is 0 Å². The molecule has 0 radical (unpaired) electrons. The lowest BCUT2D eigenvalue weighted by Crippen LogP contribution is -2.50. The van der Waals surface area contributed by atoms with E-state index >= 15 is 0 Å². The number of benzene rings is 2. The molecule has 9 heteroatoms. The van der Waals surface area contributed by atoms with Crippen LogP contribution in [0.4, 0.5) is 0 Å². The largest absolute Gasteiger partial charge is 0.479 e. The lowest BCUT2D eigenvalue weighted by molar-refractivity contribution is -0.142. The van der Waals surface area contributed by atoms with Gasteiger partial charge in [-0.15, -0.1) is 0 Å². The van der Waals surface area contributed by atoms with E-state index in [4.69, 9.17) is 13.9 Å². The zero-order valence-corrected chi connectivity index (χ0v) is 29.3. The van der Waals surface area contributed by atoms with Gasteiger partial charge in [-0.05, 0) is 60.3 Å². The van der Waals surface area contributed by atoms with Crippen molar-refractivity contribution in [2.45, 2.75) is 77.5 Å². The van der Waals surface area contributed by atoms with Crippen LogP contribution in [0.15, 0.2) is 79.3 Å². The minimum Gasteiger partial charge on any atom is -0.479 e. The van der Waals surface area contributed by atoms with Crippen LogP contribution in [-0.4, -0.2) is 79.2 Å². The smallest absolute Gasteiger partial charge is 0.263 e. The zero-order valence-electron chi connectivity index (χ0n) is 28.3. The molecule has 0 bridgehead atoms. The topological polar surface area (TPSA) is 79.9 Å². The molecule has 1 amide bonds. The van der Waals surface area contributed by atoms with Crippen LogP contribution in [0.1, 0.15) is 44.4 Å². The van der Waals surface area contributed by atoms with Gasteiger partial charge in [0.2, 0.25) is 0 Å². The second-order valence-corrected chi connectivity index (χ2v) is 18.6. The van der Waals surface area contributed by atoms with Crippen molar-refractivity contribution in [2.75, 3.05) is 32.8 Å². The van der Waals surface area contributed by atoms with Gasteiger partial charge in [-0.3, -0.25) is 14.7 Å². The number of H-pyrrole nitrogens is 1. The van der Waals surface area contributed by atoms with Crippen LogP contribution < -0.4 is 4.74 Å². The van der Waals surface area contributed by atoms with Crippen molar-refractivity contribution in [1.29, 1.82) is 0 Å². The zero-order chi connectivity index (χ0) is 32.7. The number of aromatic amines is 1. The maximum absolute atomic E-state index is 13.0. The molecule has 5 rings (SSSR count). The van der Waals surface area contributed by atoms with Gasteiger partial charge in [-0.25, -0.2) is 0 Å². The van der Waals surface area contributed by atoms with Crippen LogP contribution in [0.3, 0.4) is 0 Å². The molecule has 46 heavy (non-hydrogen) atoms. The van der Waals surface area contributed by atoms with Gasteiger partial charge in [0.05, 0.1) is 18.7 Å². The van der Waals surface area contributed by atoms with E-state index in [-0.39, 0.29) is 17.2 Å². The maximum Gasteiger partial charge on any atom is 0.263 e. The van der Waals surface area contributed by atoms with Gasteiger partial charge < -0.3 is 23.8 Å². The summed E-state index contributed by atoms with van der Waals surface area (Å²) >= 11 is 0. The Balaban J connectivity index is 1.39. The summed E-state index contributed by atoms with van der Waals surface area (Å²) in [5, 5.41) is 1.18. The molecule has 1 saturated heterocycles. The fourth-order valence-corrected chi connectivity index (χ4v) is 6.93. The van der Waals surface area contributed by atoms with E-state index in [1.807, 2.05) is 42.4 Å². The number of carbonyl (C=O) groups is 1. The van der Waals surface area contributed by atoms with E-state index in [1.165, 1.54) is 16.7 Å². The van der Waals surface area contributed by atoms with E-state index in [0.717, 1.165) is 36.8 Å². The van der Waals surface area contributed by atoms with Crippen molar-refractivity contribution >= 4 is 25.1 Å². The summed E-state index contributed by atoms with van der Waals surface area (Å²) < 4.78 is 18.9. The van der Waals surface area contributed by atoms with Crippen LogP contribution in [0.25, 0.3) is 10.9 Å². The predicted molar refractivity (Wildman–Crippen MR) is 186 cm³/mol. The number of hydrogen-bond donors (Lipinski definition) is 1. The summed E-state index contributed by atoms with van der Waals surface area (Å²) in [6.45, 7) is 17.3. The van der Waals surface area contributed by atoms with Gasteiger partial charge in [-0.1, -0.05) is 69.3 Å². The summed E-state index contributed by atoms with van der Waals surface area (Å²) in [6.07, 6.45) is 6.74. The van der Waals surface area contributed by atoms with Crippen LogP contribution in [0.5, 0.6) is 5.75 Å². The van der Waals surface area contributed by atoms with Crippen molar-refractivity contribution < 1.29 is 18.7 Å². The number of rotatable bonds is 13. The fraction of sp³-hybridized carbons (Fsp3) is 0.459. The highest BCUT2D eigenvalue weighted by Gasteiger charge is 2.40. The number of carbonyl (C=O) groups excluding carboxylic acids is 1. The van der Waals surface area contributed by atoms with E-state index in [2.05, 4.69) is 97.4 Å². The quantitative estimate of drug-likeness (QED) is 0.127. The molecular formula is C37H50N4O4Si. The van der Waals surface area contributed by atoms with Crippen molar-refractivity contribution in [3.63, 3.8) is 0 Å². The maximum atomic E-state index is 13.0. The first-order valence-electron chi connectivity index (χ1n) is 16.5. The lowest BCUT2D eigenvalue weighted by Gasteiger charge is -2.43. The third kappa shape index (κ3) is 8.44. The summed E-state index contributed by atoms with van der Waals surface area (Å²) in [5.41, 5.74) is 4.54. The Morgan fingerprint density at radius 2 is 1.78 bits per heavy atom. The molecule has 2 atom stereocenters. The summed E-state index contributed by atoms with van der Waals surface area (Å²) in [5.74, 6) is 0.680. The number of amides is 1. The number of pyridine rings is 1. The van der Waals surface area contributed by atoms with E-state index in [0.29, 0.717) is 32.1 Å². The van der Waals surface area contributed by atoms with Gasteiger partial charge in [0.15, 0.2) is 14.4 Å². The molecule has 1 N–H and O–H groups in total. The molecule has 4 aromatic rings. The Morgan fingerprint density at radius 3 is 2.48 bits per heavy atom. The van der Waals surface area contributed by atoms with Crippen molar-refractivity contribution in [3.05, 3.63) is 95.9 Å². The SMILES string of the molecule is C[C@H](Oc1cccc2c(CCN(Cc3ccccc3)[C@@H](Cc3cccnc3)O[Si](C)(C)C(C)(C)C)c[nH]c12)C(=O)N1CCOCC1. The molecular weight excluding hydrogens is 593 g/mol. The number of ether oxygens (including phenoxy) is 2. The van der Waals surface area contributed by atoms with Crippen LogP contribution in [0.2, 0.25) is 18.1 Å². The number of morpholine rings is 1. The average Bonchev–Trinajstić information content (AvgIpc) is 3.47. The van der Waals surface area contributed by atoms with Gasteiger partial charge >= 0.3 is 0 Å². The van der Waals surface area contributed by atoms with E-state index in [9.17, 15) is 4.79 Å². The first kappa shape index (κ1) is 33.8. The highest BCUT2D eigenvalue weighted by Crippen LogP contribution is 2.38. The average molecular weight is 643 g/mol. The van der Waals surface area contributed by atoms with Crippen LogP contribution in [-0.2, 0) is 33.3 Å². The molecule has 3 heterocycles. The first-order chi connectivity index (χ1) is 22.0. The molecule has 1 fully saturated rings. The normalized spacial score (nSPS) is 15.7. The fourth-order valence-electron chi connectivity index (χ4n) is 5.66. The molecule has 1 aliphatic rings. The number of aromatic nitrogens is 2. The van der Waals surface area contributed by atoms with Gasteiger partial charge in [0.1, 0.15) is 12.0 Å². The van der Waals surface area contributed by atoms with Crippen LogP contribution >= 0.6 is 0 Å². The predicted octanol–water partition coefficient (Wildman–Crippen LogP) is 6.82. The summed E-state index contributed by atoms with van der Waals surface area (Å²) in [6, 6.07) is 20.9. The molecule has 8 nitrogen and oxygen atoms in total. The van der Waals surface area contributed by atoms with Crippen molar-refractivity contribution in [1.82, 2.24) is 19.8 Å². The second-order valence-electron chi connectivity index (χ2n) is 13.8. The number of nitrogens with one attached hydrogen (secondary N) is 1. The number of nitrogens with zero attached hydrogens (tertiary/aromatic N) is 3. The van der Waals surface area contributed by atoms with Gasteiger partial charge in [0.25, 0.3) is 5.91 Å². The lowest BCUT2D eigenvalue weighted by atomic mass is 10.1. The number of fused-ring (bicyclic) bond motifs is 1. The Labute approximate surface area is 275 Å². The Morgan fingerprint density at radius 1 is 1.04 bits per heavy atom. The Bertz CT molecular complexity index is 1550. The van der Waals surface area contributed by atoms with Crippen LogP contribution in [0, 0.1) is 0 Å². The van der Waals surface area contributed by atoms with Gasteiger partial charge in [0, 0.05) is 56.6 Å². The van der Waals surface area contributed by atoms with Crippen molar-refractivity contribution in [2.24, 2.45) is 0 Å². The van der Waals surface area contributed by atoms with Crippen molar-refractivity contribution in [3.8, 4) is 5.75 Å². The number of hydrogen-bond acceptors (Lipinski definition) is 6. The highest BCUT2D eigenvalue weighted by atomic mass is 28.4. The molecule has 1 aliphatic heterocycles. The first-order valence-corrected chi connectivity index (χ1v) is 19.4. The molecule has 246 valence electrons. The molecule has 2 aromatic carbocycles. The third-order valence-electron chi connectivity index (χ3n) is 9.41. The Hall–Kier alpha value is -3.50. The monoisotopic (exact) mass is 642 g/mol. The Kier molecular flexibility index (Phi) is 11.0. The molecule has 0 saturated carbocycles. The summed E-state index contributed by atoms with van der Waals surface area (Å²) in [7, 11) is -2.11. The molecule has 0 unspecified atom stereocenters. The summed E-state index contributed by atoms with van der Waals surface area (Å²) in [4.78, 5) is 25.2. The molecule has 2 aromatic heterocycles. The molecule has 0 spiro atoms. The minimum atomic E-state index is -2.11. The highest BCUT2D eigenvalue weighted by molar-refractivity contribution is 6.74. The second kappa shape index (κ2) is 14.9. The standard InChI is InChI=1S/C37H50N4O4Si/c1-28(36(42)40-20-22-43-23-21-40)44-33-16-10-15-32-31(26-39-35(32)33)17-19-41(27-29-12-8-7-9-13-29)34(24-30-14-11-18-38-25-30)45-46(5,6)37(2,3)4/h7-16,18,25-26,28,34,39H,17,19-24,27H2,1-6H3/t28-,34+/m0/s1. The number of para-hydroxylation sites is 1.